The molecule has 0 aliphatic heterocycles. The van der Waals surface area contributed by atoms with Crippen molar-refractivity contribution in [2.75, 3.05) is 5.32 Å². The van der Waals surface area contributed by atoms with Crippen LogP contribution in [0.5, 0.6) is 0 Å². The second-order valence-electron chi connectivity index (χ2n) is 6.00. The summed E-state index contributed by atoms with van der Waals surface area (Å²) in [6.07, 6.45) is 1.03. The normalized spacial score (nSPS) is 10.7. The minimum absolute atomic E-state index is 0.0888. The topological polar surface area (TPSA) is 84.0 Å². The summed E-state index contributed by atoms with van der Waals surface area (Å²) >= 11 is 5.61. The lowest BCUT2D eigenvalue weighted by Crippen LogP contribution is -2.38. The number of carbonyl (C=O) groups excluding carboxylic acids is 1. The minimum Gasteiger partial charge on any atom is -0.322 e. The quantitative estimate of drug-likeness (QED) is 0.724. The van der Waals surface area contributed by atoms with Crippen molar-refractivity contribution in [2.24, 2.45) is 0 Å². The number of rotatable bonds is 3. The van der Waals surface area contributed by atoms with Crippen molar-refractivity contribution in [1.82, 2.24) is 9.55 Å². The van der Waals surface area contributed by atoms with Crippen LogP contribution in [0.4, 0.5) is 10.1 Å². The van der Waals surface area contributed by atoms with Crippen LogP contribution in [0.3, 0.4) is 0 Å². The molecule has 6 nitrogen and oxygen atoms in total. The number of nitrogens with zero attached hydrogens (tertiary/aromatic N) is 1. The maximum Gasteiger partial charge on any atom is 0.333 e. The van der Waals surface area contributed by atoms with Crippen molar-refractivity contribution in [3.05, 3.63) is 91.0 Å². The number of anilines is 1. The Hall–Kier alpha value is -3.19. The molecule has 0 radical (unpaired) electrons. The average molecular weight is 388 g/mol. The van der Waals surface area contributed by atoms with Gasteiger partial charge in [-0.1, -0.05) is 17.7 Å². The highest BCUT2D eigenvalue weighted by Crippen LogP contribution is 2.19. The molecule has 27 heavy (non-hydrogen) atoms. The fourth-order valence-corrected chi connectivity index (χ4v) is 2.62. The summed E-state index contributed by atoms with van der Waals surface area (Å²) in [6, 6.07) is 8.80. The van der Waals surface area contributed by atoms with Gasteiger partial charge in [-0.2, -0.15) is 0 Å². The molecule has 0 spiro atoms. The molecule has 8 heteroatoms. The van der Waals surface area contributed by atoms with Crippen LogP contribution in [0.2, 0.25) is 5.02 Å². The van der Waals surface area contributed by atoms with Gasteiger partial charge in [0.05, 0.1) is 10.7 Å². The molecule has 1 amide bonds. The third kappa shape index (κ3) is 3.68. The molecule has 138 valence electrons. The van der Waals surface area contributed by atoms with Gasteiger partial charge in [-0.05, 0) is 55.3 Å². The number of halogens is 2. The molecule has 0 fully saturated rings. The molecule has 2 N–H and O–H groups in total. The molecule has 0 aliphatic rings. The van der Waals surface area contributed by atoms with Gasteiger partial charge < -0.3 is 10.3 Å². The molecular formula is C19H15ClFN3O3. The van der Waals surface area contributed by atoms with E-state index in [2.05, 4.69) is 10.3 Å². The van der Waals surface area contributed by atoms with Crippen LogP contribution >= 0.6 is 11.6 Å². The van der Waals surface area contributed by atoms with Crippen molar-refractivity contribution < 1.29 is 9.18 Å². The van der Waals surface area contributed by atoms with Gasteiger partial charge in [0.1, 0.15) is 11.4 Å². The summed E-state index contributed by atoms with van der Waals surface area (Å²) in [5.41, 5.74) is 0.628. The second kappa shape index (κ2) is 7.20. The highest BCUT2D eigenvalue weighted by atomic mass is 35.5. The van der Waals surface area contributed by atoms with E-state index in [0.29, 0.717) is 5.69 Å². The predicted octanol–water partition coefficient (Wildman–Crippen LogP) is 3.19. The monoisotopic (exact) mass is 387 g/mol. The number of H-pyrrole nitrogens is 1. The lowest BCUT2D eigenvalue weighted by Gasteiger charge is -2.10. The number of aromatic nitrogens is 2. The molecule has 1 aromatic heterocycles. The third-order valence-electron chi connectivity index (χ3n) is 4.15. The molecule has 0 aliphatic carbocycles. The Morgan fingerprint density at radius 3 is 2.52 bits per heavy atom. The Labute approximate surface area is 158 Å². The Morgan fingerprint density at radius 1 is 1.11 bits per heavy atom. The largest absolute Gasteiger partial charge is 0.333 e. The van der Waals surface area contributed by atoms with Crippen LogP contribution in [-0.2, 0) is 0 Å². The number of aromatic amines is 1. The summed E-state index contributed by atoms with van der Waals surface area (Å²) < 4.78 is 14.4. The van der Waals surface area contributed by atoms with Crippen LogP contribution in [0.1, 0.15) is 21.5 Å². The van der Waals surface area contributed by atoms with Gasteiger partial charge in [0.25, 0.3) is 11.5 Å². The molecule has 0 unspecified atom stereocenters. The molecule has 1 heterocycles. The molecule has 0 saturated heterocycles. The van der Waals surface area contributed by atoms with Gasteiger partial charge >= 0.3 is 5.69 Å². The Balaban J connectivity index is 2.03. The van der Waals surface area contributed by atoms with E-state index in [0.717, 1.165) is 28.0 Å². The Bertz CT molecular complexity index is 1170. The number of nitrogens with one attached hydrogen (secondary N) is 2. The zero-order valence-corrected chi connectivity index (χ0v) is 15.2. The van der Waals surface area contributed by atoms with E-state index in [9.17, 15) is 18.8 Å². The van der Waals surface area contributed by atoms with Crippen LogP contribution in [0, 0.1) is 19.7 Å². The first-order valence-electron chi connectivity index (χ1n) is 7.96. The first-order valence-corrected chi connectivity index (χ1v) is 8.34. The van der Waals surface area contributed by atoms with E-state index in [4.69, 9.17) is 11.6 Å². The minimum atomic E-state index is -0.783. The molecule has 3 rings (SSSR count). The summed E-state index contributed by atoms with van der Waals surface area (Å²) in [7, 11) is 0. The van der Waals surface area contributed by atoms with Gasteiger partial charge in [-0.3, -0.25) is 9.59 Å². The Kier molecular flexibility index (Phi) is 4.96. The number of aryl methyl sites for hydroxylation is 2. The molecule has 2 aromatic carbocycles. The summed E-state index contributed by atoms with van der Waals surface area (Å²) in [4.78, 5) is 39.7. The number of hydrogen-bond donors (Lipinski definition) is 2. The lowest BCUT2D eigenvalue weighted by atomic mass is 10.1. The van der Waals surface area contributed by atoms with Gasteiger partial charge in [0, 0.05) is 11.9 Å². The number of benzene rings is 2. The van der Waals surface area contributed by atoms with Gasteiger partial charge in [0.2, 0.25) is 0 Å². The lowest BCUT2D eigenvalue weighted by molar-refractivity contribution is 0.102. The third-order valence-corrected chi connectivity index (χ3v) is 4.45. The zero-order valence-electron chi connectivity index (χ0n) is 14.5. The van der Waals surface area contributed by atoms with Crippen molar-refractivity contribution >= 4 is 23.2 Å². The van der Waals surface area contributed by atoms with Crippen LogP contribution in [0.15, 0.2) is 52.2 Å². The van der Waals surface area contributed by atoms with Gasteiger partial charge in [-0.25, -0.2) is 13.8 Å². The fourth-order valence-electron chi connectivity index (χ4n) is 2.51. The average Bonchev–Trinajstić information content (AvgIpc) is 2.61. The smallest absolute Gasteiger partial charge is 0.322 e. The summed E-state index contributed by atoms with van der Waals surface area (Å²) in [6.45, 7) is 3.75. The number of amides is 1. The van der Waals surface area contributed by atoms with Crippen LogP contribution in [-0.4, -0.2) is 15.5 Å². The zero-order chi connectivity index (χ0) is 19.7. The fraction of sp³-hybridized carbons (Fsp3) is 0.105. The number of carbonyl (C=O) groups is 1. The maximum absolute atomic E-state index is 13.5. The first kappa shape index (κ1) is 18.6. The maximum atomic E-state index is 13.5. The van der Waals surface area contributed by atoms with E-state index in [1.807, 2.05) is 13.8 Å². The van der Waals surface area contributed by atoms with Crippen molar-refractivity contribution in [3.63, 3.8) is 0 Å². The molecule has 3 aromatic rings. The standard InChI is InChI=1S/C19H15ClFN3O3/c1-10-3-5-13(7-11(10)2)24-18(26)14(9-22-19(24)27)17(25)23-12-4-6-15(20)16(21)8-12/h3-9H,1-2H3,(H,22,27)(H,23,25). The molecule has 0 saturated carbocycles. The highest BCUT2D eigenvalue weighted by Gasteiger charge is 2.17. The van der Waals surface area contributed by atoms with Crippen LogP contribution in [0.25, 0.3) is 5.69 Å². The molecule has 0 bridgehead atoms. The molecule has 0 atom stereocenters. The SMILES string of the molecule is Cc1ccc(-n2c(=O)[nH]cc(C(=O)Nc3ccc(Cl)c(F)c3)c2=O)cc1C. The van der Waals surface area contributed by atoms with Crippen molar-refractivity contribution in [2.45, 2.75) is 13.8 Å². The number of hydrogen-bond acceptors (Lipinski definition) is 3. The van der Waals surface area contributed by atoms with E-state index in [1.165, 1.54) is 12.1 Å². The predicted molar refractivity (Wildman–Crippen MR) is 101 cm³/mol. The Morgan fingerprint density at radius 2 is 1.85 bits per heavy atom. The highest BCUT2D eigenvalue weighted by molar-refractivity contribution is 6.30. The second-order valence-corrected chi connectivity index (χ2v) is 6.41. The van der Waals surface area contributed by atoms with E-state index in [1.54, 1.807) is 18.2 Å². The van der Waals surface area contributed by atoms with Crippen molar-refractivity contribution in [1.29, 1.82) is 0 Å². The first-order chi connectivity index (χ1) is 12.8. The van der Waals surface area contributed by atoms with E-state index in [-0.39, 0.29) is 16.3 Å². The van der Waals surface area contributed by atoms with Crippen molar-refractivity contribution in [3.8, 4) is 5.69 Å². The molecular weight excluding hydrogens is 373 g/mol. The van der Waals surface area contributed by atoms with Gasteiger partial charge in [-0.15, -0.1) is 0 Å². The van der Waals surface area contributed by atoms with E-state index >= 15 is 0 Å². The van der Waals surface area contributed by atoms with Crippen LogP contribution < -0.4 is 16.6 Å². The summed E-state index contributed by atoms with van der Waals surface area (Å²) in [5.74, 6) is -1.49. The van der Waals surface area contributed by atoms with E-state index < -0.39 is 23.0 Å². The van der Waals surface area contributed by atoms with Gasteiger partial charge in [0.15, 0.2) is 0 Å². The summed E-state index contributed by atoms with van der Waals surface area (Å²) in [5, 5.41) is 2.32.